The number of nitrogens with one attached hydrogen (secondary N) is 1. The fraction of sp³-hybridized carbons (Fsp3) is 0.176. The van der Waals surface area contributed by atoms with E-state index in [1.54, 1.807) is 30.3 Å². The molecule has 0 fully saturated rings. The minimum atomic E-state index is -0.551. The molecule has 2 aromatic rings. The van der Waals surface area contributed by atoms with Gasteiger partial charge in [-0.1, -0.05) is 17.7 Å². The van der Waals surface area contributed by atoms with Crippen molar-refractivity contribution in [1.82, 2.24) is 0 Å². The number of amides is 2. The number of rotatable bonds is 4. The topological polar surface area (TPSA) is 90.7 Å². The molecule has 0 saturated carbocycles. The summed E-state index contributed by atoms with van der Waals surface area (Å²) in [6.45, 7) is 0.891. The van der Waals surface area contributed by atoms with E-state index in [0.29, 0.717) is 46.5 Å². The van der Waals surface area contributed by atoms with Gasteiger partial charge in [0.05, 0.1) is 11.4 Å². The molecule has 7 heteroatoms. The van der Waals surface area contributed by atoms with Crippen molar-refractivity contribution in [1.29, 1.82) is 0 Å². The maximum atomic E-state index is 12.2. The third-order valence-corrected chi connectivity index (χ3v) is 3.73. The molecular formula is C17H15ClN2O4. The second kappa shape index (κ2) is 6.80. The summed E-state index contributed by atoms with van der Waals surface area (Å²) in [6.07, 6.45) is 0.108. The lowest BCUT2D eigenvalue weighted by molar-refractivity contribution is -0.115. The summed E-state index contributed by atoms with van der Waals surface area (Å²) in [4.78, 5) is 23.4. The smallest absolute Gasteiger partial charge is 0.248 e. The molecule has 0 saturated heterocycles. The number of carbonyl (C=O) groups excluding carboxylic acids is 2. The van der Waals surface area contributed by atoms with Crippen molar-refractivity contribution in [2.24, 2.45) is 5.73 Å². The first-order chi connectivity index (χ1) is 11.5. The summed E-state index contributed by atoms with van der Waals surface area (Å²) in [5.41, 5.74) is 6.76. The van der Waals surface area contributed by atoms with Crippen molar-refractivity contribution in [3.63, 3.8) is 0 Å². The highest BCUT2D eigenvalue weighted by molar-refractivity contribution is 6.32. The molecule has 0 spiro atoms. The van der Waals surface area contributed by atoms with Gasteiger partial charge >= 0.3 is 0 Å². The number of hydrogen-bond donors (Lipinski definition) is 2. The van der Waals surface area contributed by atoms with Gasteiger partial charge in [0.1, 0.15) is 13.2 Å². The quantitative estimate of drug-likeness (QED) is 0.889. The number of primary amides is 1. The zero-order chi connectivity index (χ0) is 17.1. The number of nitrogens with two attached hydrogens (primary N) is 1. The summed E-state index contributed by atoms with van der Waals surface area (Å²) < 4.78 is 10.9. The largest absolute Gasteiger partial charge is 0.486 e. The van der Waals surface area contributed by atoms with Gasteiger partial charge in [-0.25, -0.2) is 0 Å². The van der Waals surface area contributed by atoms with Crippen LogP contribution in [0.4, 0.5) is 5.69 Å². The summed E-state index contributed by atoms with van der Waals surface area (Å²) in [5, 5.41) is 3.13. The lowest BCUT2D eigenvalue weighted by Crippen LogP contribution is -2.18. The average Bonchev–Trinajstić information content (AvgIpc) is 2.55. The zero-order valence-electron chi connectivity index (χ0n) is 12.7. The normalized spacial score (nSPS) is 12.5. The van der Waals surface area contributed by atoms with Crippen molar-refractivity contribution < 1.29 is 19.1 Å². The van der Waals surface area contributed by atoms with E-state index in [4.69, 9.17) is 26.8 Å². The van der Waals surface area contributed by atoms with E-state index < -0.39 is 5.91 Å². The van der Waals surface area contributed by atoms with Gasteiger partial charge in [-0.15, -0.1) is 0 Å². The Balaban J connectivity index is 1.72. The molecule has 0 bridgehead atoms. The number of fused-ring (bicyclic) bond motifs is 1. The third-order valence-electron chi connectivity index (χ3n) is 3.45. The van der Waals surface area contributed by atoms with E-state index in [-0.39, 0.29) is 12.3 Å². The van der Waals surface area contributed by atoms with Gasteiger partial charge < -0.3 is 20.5 Å². The van der Waals surface area contributed by atoms with Gasteiger partial charge in [0.2, 0.25) is 11.8 Å². The lowest BCUT2D eigenvalue weighted by Gasteiger charge is -2.20. The van der Waals surface area contributed by atoms with Gasteiger partial charge in [-0.2, -0.15) is 0 Å². The second-order valence-corrected chi connectivity index (χ2v) is 5.68. The van der Waals surface area contributed by atoms with Crippen LogP contribution in [-0.4, -0.2) is 25.0 Å². The number of hydrogen-bond acceptors (Lipinski definition) is 4. The molecule has 0 radical (unpaired) electrons. The van der Waals surface area contributed by atoms with Crippen LogP contribution in [0.3, 0.4) is 0 Å². The number of carbonyl (C=O) groups is 2. The molecule has 3 N–H and O–H groups in total. The summed E-state index contributed by atoms with van der Waals surface area (Å²) in [6, 6.07) is 9.85. The Kier molecular flexibility index (Phi) is 4.57. The molecule has 0 aromatic heterocycles. The van der Waals surface area contributed by atoms with Gasteiger partial charge in [0.15, 0.2) is 11.5 Å². The van der Waals surface area contributed by atoms with Crippen LogP contribution in [0.2, 0.25) is 5.02 Å². The molecule has 6 nitrogen and oxygen atoms in total. The SMILES string of the molecule is NC(=O)c1cccc(NC(=O)Cc2cc(Cl)c3c(c2)OCCO3)c1. The summed E-state index contributed by atoms with van der Waals surface area (Å²) in [7, 11) is 0. The molecule has 2 amide bonds. The molecule has 0 unspecified atom stereocenters. The molecule has 0 atom stereocenters. The van der Waals surface area contributed by atoms with Crippen LogP contribution in [0.1, 0.15) is 15.9 Å². The van der Waals surface area contributed by atoms with E-state index in [0.717, 1.165) is 0 Å². The van der Waals surface area contributed by atoms with Crippen molar-refractivity contribution in [2.75, 3.05) is 18.5 Å². The van der Waals surface area contributed by atoms with E-state index >= 15 is 0 Å². The highest BCUT2D eigenvalue weighted by atomic mass is 35.5. The van der Waals surface area contributed by atoms with Crippen LogP contribution in [0.15, 0.2) is 36.4 Å². The lowest BCUT2D eigenvalue weighted by atomic mass is 10.1. The minimum Gasteiger partial charge on any atom is -0.486 e. The first kappa shape index (κ1) is 16.1. The average molecular weight is 347 g/mol. The molecule has 2 aromatic carbocycles. The summed E-state index contributed by atoms with van der Waals surface area (Å²) in [5.74, 6) is 0.239. The number of ether oxygens (including phenoxy) is 2. The Labute approximate surface area is 143 Å². The summed E-state index contributed by atoms with van der Waals surface area (Å²) >= 11 is 6.16. The van der Waals surface area contributed by atoms with Gasteiger partial charge in [0, 0.05) is 11.3 Å². The number of anilines is 1. The molecular weight excluding hydrogens is 332 g/mol. The second-order valence-electron chi connectivity index (χ2n) is 5.27. The Morgan fingerprint density at radius 2 is 1.96 bits per heavy atom. The van der Waals surface area contributed by atoms with Crippen LogP contribution in [0.5, 0.6) is 11.5 Å². The minimum absolute atomic E-state index is 0.108. The van der Waals surface area contributed by atoms with E-state index in [1.807, 2.05) is 0 Å². The first-order valence-corrected chi connectivity index (χ1v) is 7.68. The fourth-order valence-corrected chi connectivity index (χ4v) is 2.69. The highest BCUT2D eigenvalue weighted by Crippen LogP contribution is 2.38. The Hall–Kier alpha value is -2.73. The van der Waals surface area contributed by atoms with Crippen molar-refractivity contribution in [2.45, 2.75) is 6.42 Å². The fourth-order valence-electron chi connectivity index (χ4n) is 2.41. The number of benzene rings is 2. The monoisotopic (exact) mass is 346 g/mol. The van der Waals surface area contributed by atoms with E-state index in [2.05, 4.69) is 5.32 Å². The predicted octanol–water partition coefficient (Wildman–Crippen LogP) is 2.39. The van der Waals surface area contributed by atoms with Crippen LogP contribution < -0.4 is 20.5 Å². The molecule has 24 heavy (non-hydrogen) atoms. The molecule has 3 rings (SSSR count). The van der Waals surface area contributed by atoms with Gasteiger partial charge in [-0.05, 0) is 35.9 Å². The molecule has 1 aliphatic heterocycles. The number of halogens is 1. The zero-order valence-corrected chi connectivity index (χ0v) is 13.4. The van der Waals surface area contributed by atoms with E-state index in [9.17, 15) is 9.59 Å². The molecule has 0 aliphatic carbocycles. The molecule has 124 valence electrons. The predicted molar refractivity (Wildman–Crippen MR) is 89.7 cm³/mol. The van der Waals surface area contributed by atoms with Crippen molar-refractivity contribution >= 4 is 29.1 Å². The Bertz CT molecular complexity index is 807. The van der Waals surface area contributed by atoms with Crippen molar-refractivity contribution in [3.8, 4) is 11.5 Å². The maximum absolute atomic E-state index is 12.2. The van der Waals surface area contributed by atoms with Crippen LogP contribution in [-0.2, 0) is 11.2 Å². The van der Waals surface area contributed by atoms with E-state index in [1.165, 1.54) is 6.07 Å². The molecule has 1 aliphatic rings. The highest BCUT2D eigenvalue weighted by Gasteiger charge is 2.17. The first-order valence-electron chi connectivity index (χ1n) is 7.30. The standard InChI is InChI=1S/C17H15ClN2O4/c18-13-6-10(7-14-16(13)24-5-4-23-14)8-15(21)20-12-3-1-2-11(9-12)17(19)22/h1-3,6-7,9H,4-5,8H2,(H2,19,22)(H,20,21). The van der Waals surface area contributed by atoms with Crippen LogP contribution >= 0.6 is 11.6 Å². The van der Waals surface area contributed by atoms with Gasteiger partial charge in [0.25, 0.3) is 0 Å². The maximum Gasteiger partial charge on any atom is 0.248 e. The van der Waals surface area contributed by atoms with Crippen LogP contribution in [0.25, 0.3) is 0 Å². The third kappa shape index (κ3) is 3.60. The van der Waals surface area contributed by atoms with Gasteiger partial charge in [-0.3, -0.25) is 9.59 Å². The molecule has 1 heterocycles. The van der Waals surface area contributed by atoms with Crippen molar-refractivity contribution in [3.05, 3.63) is 52.5 Å². The Morgan fingerprint density at radius 3 is 2.75 bits per heavy atom. The Morgan fingerprint density at radius 1 is 1.17 bits per heavy atom. The van der Waals surface area contributed by atoms with Crippen LogP contribution in [0, 0.1) is 0 Å².